The van der Waals surface area contributed by atoms with Crippen molar-refractivity contribution in [3.8, 4) is 17.2 Å². The number of anilines is 2. The van der Waals surface area contributed by atoms with Gasteiger partial charge in [0, 0.05) is 18.6 Å². The van der Waals surface area contributed by atoms with Gasteiger partial charge in [-0.2, -0.15) is 4.68 Å². The van der Waals surface area contributed by atoms with Crippen LogP contribution in [0.1, 0.15) is 5.56 Å². The summed E-state index contributed by atoms with van der Waals surface area (Å²) in [6.45, 7) is 0.297. The molecular weight excluding hydrogens is 513 g/mol. The van der Waals surface area contributed by atoms with E-state index >= 15 is 0 Å². The minimum absolute atomic E-state index is 0.175. The second-order valence-corrected chi connectivity index (χ2v) is 8.55. The highest BCUT2D eigenvalue weighted by atomic mass is 19.4. The minimum atomic E-state index is -4.85. The van der Waals surface area contributed by atoms with Gasteiger partial charge in [-0.1, -0.05) is 30.3 Å². The van der Waals surface area contributed by atoms with E-state index in [9.17, 15) is 22.8 Å². The largest absolute Gasteiger partial charge is 0.573 e. The number of ether oxygens (including phenoxy) is 2. The number of fused-ring (bicyclic) bond motifs is 1. The molecule has 0 aliphatic heterocycles. The molecule has 0 atom stereocenters. The Labute approximate surface area is 219 Å². The Kier molecular flexibility index (Phi) is 6.80. The quantitative estimate of drug-likeness (QED) is 0.305. The van der Waals surface area contributed by atoms with Gasteiger partial charge in [0.2, 0.25) is 0 Å². The van der Waals surface area contributed by atoms with Crippen molar-refractivity contribution in [2.75, 3.05) is 5.32 Å². The van der Waals surface area contributed by atoms with E-state index in [-0.39, 0.29) is 28.1 Å². The average Bonchev–Trinajstić information content (AvgIpc) is 2.92. The first kappa shape index (κ1) is 25.6. The van der Waals surface area contributed by atoms with Crippen molar-refractivity contribution in [1.29, 1.82) is 0 Å². The van der Waals surface area contributed by atoms with Crippen LogP contribution in [0.3, 0.4) is 0 Å². The predicted octanol–water partition coefficient (Wildman–Crippen LogP) is 5.31. The Morgan fingerprint density at radius 3 is 2.28 bits per heavy atom. The van der Waals surface area contributed by atoms with Crippen LogP contribution in [0.5, 0.6) is 11.5 Å². The van der Waals surface area contributed by atoms with Crippen molar-refractivity contribution in [3.63, 3.8) is 0 Å². The van der Waals surface area contributed by atoms with Crippen molar-refractivity contribution in [2.45, 2.75) is 13.0 Å². The third kappa shape index (κ3) is 5.77. The van der Waals surface area contributed by atoms with Crippen LogP contribution in [0.15, 0.2) is 101 Å². The highest BCUT2D eigenvalue weighted by Crippen LogP contribution is 2.28. The lowest BCUT2D eigenvalue weighted by molar-refractivity contribution is -0.274. The monoisotopic (exact) mass is 534 g/mol. The number of hydrogen-bond acceptors (Lipinski definition) is 6. The summed E-state index contributed by atoms with van der Waals surface area (Å²) >= 11 is 0. The lowest BCUT2D eigenvalue weighted by Crippen LogP contribution is -2.24. The normalized spacial score (nSPS) is 11.4. The van der Waals surface area contributed by atoms with Crippen molar-refractivity contribution in [2.24, 2.45) is 7.05 Å². The summed E-state index contributed by atoms with van der Waals surface area (Å²) in [5.74, 6) is 0.211. The number of alkyl halides is 3. The van der Waals surface area contributed by atoms with E-state index in [1.807, 2.05) is 30.3 Å². The standard InChI is InChI=1S/C28H21F3N4O4/c1-34-15-5-8-24(27(34)37)32-25-23-16-21(38-17-18-6-3-2-4-7-18)13-14-22(23)26(36)35(33-25)19-9-11-20(12-10-19)39-28(29,30)31/h2-16H,17H2,1H3,(H,32,33). The summed E-state index contributed by atoms with van der Waals surface area (Å²) in [5, 5.41) is 8.08. The van der Waals surface area contributed by atoms with E-state index in [0.717, 1.165) is 22.4 Å². The zero-order chi connectivity index (χ0) is 27.6. The van der Waals surface area contributed by atoms with Crippen LogP contribution in [0.2, 0.25) is 0 Å². The molecule has 0 unspecified atom stereocenters. The number of halogens is 3. The summed E-state index contributed by atoms with van der Waals surface area (Å²) in [6, 6.07) is 22.4. The smallest absolute Gasteiger partial charge is 0.489 e. The fraction of sp³-hybridized carbons (Fsp3) is 0.107. The van der Waals surface area contributed by atoms with Crippen molar-refractivity contribution in [3.05, 3.63) is 117 Å². The van der Waals surface area contributed by atoms with Crippen LogP contribution in [0.25, 0.3) is 16.5 Å². The first-order chi connectivity index (χ1) is 18.7. The number of pyridine rings is 1. The van der Waals surface area contributed by atoms with Crippen LogP contribution < -0.4 is 25.9 Å². The molecule has 3 aromatic carbocycles. The predicted molar refractivity (Wildman–Crippen MR) is 140 cm³/mol. The van der Waals surface area contributed by atoms with E-state index < -0.39 is 17.7 Å². The molecule has 1 N–H and O–H groups in total. The molecule has 2 aromatic heterocycles. The Bertz CT molecular complexity index is 1750. The fourth-order valence-electron chi connectivity index (χ4n) is 3.93. The molecule has 0 spiro atoms. The second-order valence-electron chi connectivity index (χ2n) is 8.55. The molecular formula is C28H21F3N4O4. The summed E-state index contributed by atoms with van der Waals surface area (Å²) in [7, 11) is 1.60. The van der Waals surface area contributed by atoms with Gasteiger partial charge in [-0.05, 0) is 60.2 Å². The fourth-order valence-corrected chi connectivity index (χ4v) is 3.93. The van der Waals surface area contributed by atoms with E-state index in [1.54, 1.807) is 43.6 Å². The highest BCUT2D eigenvalue weighted by molar-refractivity contribution is 5.93. The molecule has 39 heavy (non-hydrogen) atoms. The topological polar surface area (TPSA) is 87.4 Å². The van der Waals surface area contributed by atoms with Gasteiger partial charge in [0.25, 0.3) is 11.1 Å². The third-order valence-corrected chi connectivity index (χ3v) is 5.81. The minimum Gasteiger partial charge on any atom is -0.489 e. The Balaban J connectivity index is 1.59. The number of hydrogen-bond donors (Lipinski definition) is 1. The second kappa shape index (κ2) is 10.4. The van der Waals surface area contributed by atoms with Gasteiger partial charge in [-0.3, -0.25) is 9.59 Å². The van der Waals surface area contributed by atoms with Crippen molar-refractivity contribution < 1.29 is 22.6 Å². The third-order valence-electron chi connectivity index (χ3n) is 5.81. The molecule has 0 aliphatic rings. The zero-order valence-corrected chi connectivity index (χ0v) is 20.5. The van der Waals surface area contributed by atoms with E-state index in [1.165, 1.54) is 16.7 Å². The molecule has 11 heteroatoms. The van der Waals surface area contributed by atoms with Gasteiger partial charge >= 0.3 is 6.36 Å². The maximum atomic E-state index is 13.4. The number of nitrogens with zero attached hydrogens (tertiary/aromatic N) is 3. The summed E-state index contributed by atoms with van der Waals surface area (Å²) in [5.41, 5.74) is 0.523. The van der Waals surface area contributed by atoms with Crippen molar-refractivity contribution >= 4 is 22.3 Å². The van der Waals surface area contributed by atoms with E-state index in [4.69, 9.17) is 4.74 Å². The molecule has 0 amide bonds. The van der Waals surface area contributed by atoms with Gasteiger partial charge < -0.3 is 19.4 Å². The molecule has 0 fully saturated rings. The van der Waals surface area contributed by atoms with Crippen LogP contribution in [0, 0.1) is 0 Å². The maximum absolute atomic E-state index is 13.4. The van der Waals surface area contributed by atoms with Crippen LogP contribution in [-0.2, 0) is 13.7 Å². The molecule has 0 radical (unpaired) electrons. The number of aromatic nitrogens is 3. The SMILES string of the molecule is Cn1cccc(Nc2nn(-c3ccc(OC(F)(F)F)cc3)c(=O)c3ccc(OCc4ccccc4)cc23)c1=O. The summed E-state index contributed by atoms with van der Waals surface area (Å²) in [4.78, 5) is 26.1. The lowest BCUT2D eigenvalue weighted by atomic mass is 10.1. The molecule has 5 rings (SSSR count). The van der Waals surface area contributed by atoms with Gasteiger partial charge in [0.15, 0.2) is 5.82 Å². The van der Waals surface area contributed by atoms with Crippen molar-refractivity contribution in [1.82, 2.24) is 14.3 Å². The van der Waals surface area contributed by atoms with Crippen LogP contribution >= 0.6 is 0 Å². The first-order valence-electron chi connectivity index (χ1n) is 11.7. The maximum Gasteiger partial charge on any atom is 0.573 e. The molecule has 0 saturated carbocycles. The Morgan fingerprint density at radius 2 is 1.56 bits per heavy atom. The number of benzene rings is 3. The molecule has 0 aliphatic carbocycles. The lowest BCUT2D eigenvalue weighted by Gasteiger charge is -2.15. The molecule has 0 saturated heterocycles. The molecule has 198 valence electrons. The molecule has 5 aromatic rings. The zero-order valence-electron chi connectivity index (χ0n) is 20.5. The number of aryl methyl sites for hydroxylation is 1. The van der Waals surface area contributed by atoms with Crippen LogP contribution in [-0.4, -0.2) is 20.7 Å². The average molecular weight is 534 g/mol. The summed E-state index contributed by atoms with van der Waals surface area (Å²) in [6.07, 6.45) is -3.25. The van der Waals surface area contributed by atoms with Gasteiger partial charge in [0.1, 0.15) is 23.8 Å². The number of nitrogens with one attached hydrogen (secondary N) is 1. The first-order valence-corrected chi connectivity index (χ1v) is 11.7. The Morgan fingerprint density at radius 1 is 0.846 bits per heavy atom. The highest BCUT2D eigenvalue weighted by Gasteiger charge is 2.31. The van der Waals surface area contributed by atoms with E-state index in [2.05, 4.69) is 15.2 Å². The number of rotatable bonds is 7. The Hall–Kier alpha value is -5.06. The van der Waals surface area contributed by atoms with Gasteiger partial charge in [-0.15, -0.1) is 18.3 Å². The molecule has 2 heterocycles. The molecule has 8 nitrogen and oxygen atoms in total. The van der Waals surface area contributed by atoms with E-state index in [0.29, 0.717) is 17.7 Å². The van der Waals surface area contributed by atoms with Gasteiger partial charge in [-0.25, -0.2) is 0 Å². The molecule has 0 bridgehead atoms. The van der Waals surface area contributed by atoms with Crippen LogP contribution in [0.4, 0.5) is 24.7 Å². The van der Waals surface area contributed by atoms with Gasteiger partial charge in [0.05, 0.1) is 11.1 Å². The summed E-state index contributed by atoms with van der Waals surface area (Å²) < 4.78 is 50.0.